The van der Waals surface area contributed by atoms with Gasteiger partial charge in [-0.15, -0.1) is 0 Å². The Morgan fingerprint density at radius 2 is 2.15 bits per heavy atom. The molecule has 0 saturated carbocycles. The number of benzene rings is 1. The number of hydrogen-bond acceptors (Lipinski definition) is 3. The minimum absolute atomic E-state index is 0.00843. The Bertz CT molecular complexity index is 503. The van der Waals surface area contributed by atoms with Crippen LogP contribution in [0.5, 0.6) is 0 Å². The number of amides is 1. The van der Waals surface area contributed by atoms with Crippen LogP contribution < -0.4 is 5.32 Å². The van der Waals surface area contributed by atoms with Crippen molar-refractivity contribution in [3.05, 3.63) is 29.3 Å². The summed E-state index contributed by atoms with van der Waals surface area (Å²) in [5.41, 5.74) is 2.65. The van der Waals surface area contributed by atoms with Gasteiger partial charge in [-0.3, -0.25) is 4.79 Å². The van der Waals surface area contributed by atoms with Crippen molar-refractivity contribution >= 4 is 11.6 Å². The van der Waals surface area contributed by atoms with Crippen LogP contribution in [-0.2, 0) is 0 Å². The van der Waals surface area contributed by atoms with Crippen molar-refractivity contribution in [1.29, 1.82) is 5.26 Å². The highest BCUT2D eigenvalue weighted by Gasteiger charge is 2.18. The van der Waals surface area contributed by atoms with E-state index in [2.05, 4.69) is 25.2 Å². The number of carbonyl (C=O) groups excluding carboxylic acids is 1. The molecule has 0 aliphatic heterocycles. The molecule has 0 heterocycles. The zero-order valence-corrected chi connectivity index (χ0v) is 12.7. The van der Waals surface area contributed by atoms with E-state index >= 15 is 0 Å². The summed E-state index contributed by atoms with van der Waals surface area (Å²) in [7, 11) is 1.86. The van der Waals surface area contributed by atoms with Crippen molar-refractivity contribution in [2.24, 2.45) is 5.92 Å². The second-order valence-corrected chi connectivity index (χ2v) is 5.33. The topological polar surface area (TPSA) is 56.1 Å². The maximum absolute atomic E-state index is 12.6. The predicted octanol–water partition coefficient (Wildman–Crippen LogP) is 3.05. The van der Waals surface area contributed by atoms with Crippen LogP contribution in [-0.4, -0.2) is 30.9 Å². The minimum Gasteiger partial charge on any atom is -0.388 e. The SMILES string of the molecule is CNc1ccc(C(=O)N(CCC#N)CC(C)C)c(C)c1. The van der Waals surface area contributed by atoms with Gasteiger partial charge in [0.15, 0.2) is 0 Å². The van der Waals surface area contributed by atoms with Crippen molar-refractivity contribution < 1.29 is 4.79 Å². The molecule has 0 fully saturated rings. The second-order valence-electron chi connectivity index (χ2n) is 5.33. The molecule has 20 heavy (non-hydrogen) atoms. The lowest BCUT2D eigenvalue weighted by atomic mass is 10.1. The molecule has 0 aliphatic carbocycles. The number of nitrogens with zero attached hydrogens (tertiary/aromatic N) is 2. The van der Waals surface area contributed by atoms with E-state index in [1.54, 1.807) is 4.90 Å². The van der Waals surface area contributed by atoms with E-state index < -0.39 is 0 Å². The first kappa shape index (κ1) is 16.0. The van der Waals surface area contributed by atoms with Gasteiger partial charge in [-0.1, -0.05) is 13.8 Å². The molecule has 1 N–H and O–H groups in total. The van der Waals surface area contributed by atoms with Gasteiger partial charge in [-0.25, -0.2) is 0 Å². The second kappa shape index (κ2) is 7.54. The van der Waals surface area contributed by atoms with Crippen LogP contribution in [0.15, 0.2) is 18.2 Å². The summed E-state index contributed by atoms with van der Waals surface area (Å²) >= 11 is 0. The largest absolute Gasteiger partial charge is 0.388 e. The van der Waals surface area contributed by atoms with E-state index in [-0.39, 0.29) is 5.91 Å². The lowest BCUT2D eigenvalue weighted by Gasteiger charge is -2.24. The highest BCUT2D eigenvalue weighted by Crippen LogP contribution is 2.17. The molecule has 0 unspecified atom stereocenters. The Labute approximate surface area is 121 Å². The molecule has 1 aromatic carbocycles. The number of anilines is 1. The van der Waals surface area contributed by atoms with Crippen LogP contribution in [0.3, 0.4) is 0 Å². The van der Waals surface area contributed by atoms with Crippen LogP contribution in [0.4, 0.5) is 5.69 Å². The summed E-state index contributed by atoms with van der Waals surface area (Å²) in [6.45, 7) is 7.24. The monoisotopic (exact) mass is 273 g/mol. The van der Waals surface area contributed by atoms with E-state index in [4.69, 9.17) is 5.26 Å². The molecule has 0 spiro atoms. The molecule has 4 heteroatoms. The van der Waals surface area contributed by atoms with Gasteiger partial charge in [0, 0.05) is 31.4 Å². The third kappa shape index (κ3) is 4.27. The Hall–Kier alpha value is -2.02. The number of nitrogens with one attached hydrogen (secondary N) is 1. The van der Waals surface area contributed by atoms with Gasteiger partial charge < -0.3 is 10.2 Å². The summed E-state index contributed by atoms with van der Waals surface area (Å²) in [5, 5.41) is 11.8. The fourth-order valence-corrected chi connectivity index (χ4v) is 2.13. The molecular weight excluding hydrogens is 250 g/mol. The summed E-state index contributed by atoms with van der Waals surface area (Å²) in [6, 6.07) is 7.82. The first-order valence-electron chi connectivity index (χ1n) is 6.94. The van der Waals surface area contributed by atoms with E-state index in [1.807, 2.05) is 32.2 Å². The van der Waals surface area contributed by atoms with Gasteiger partial charge >= 0.3 is 0 Å². The zero-order valence-electron chi connectivity index (χ0n) is 12.7. The Morgan fingerprint density at radius 1 is 1.45 bits per heavy atom. The van der Waals surface area contributed by atoms with Gasteiger partial charge in [0.05, 0.1) is 12.5 Å². The van der Waals surface area contributed by atoms with E-state index in [9.17, 15) is 4.79 Å². The average molecular weight is 273 g/mol. The van der Waals surface area contributed by atoms with Crippen LogP contribution in [0, 0.1) is 24.2 Å². The molecule has 0 radical (unpaired) electrons. The molecule has 1 rings (SSSR count). The Morgan fingerprint density at radius 3 is 2.65 bits per heavy atom. The van der Waals surface area contributed by atoms with Crippen LogP contribution >= 0.6 is 0 Å². The third-order valence-electron chi connectivity index (χ3n) is 3.11. The molecule has 0 saturated heterocycles. The highest BCUT2D eigenvalue weighted by molar-refractivity contribution is 5.96. The van der Waals surface area contributed by atoms with Crippen LogP contribution in [0.25, 0.3) is 0 Å². The molecule has 1 aromatic rings. The smallest absolute Gasteiger partial charge is 0.254 e. The summed E-state index contributed by atoms with van der Waals surface area (Å²) in [4.78, 5) is 14.4. The fourth-order valence-electron chi connectivity index (χ4n) is 2.13. The van der Waals surface area contributed by atoms with Crippen LogP contribution in [0.2, 0.25) is 0 Å². The van der Waals surface area contributed by atoms with Crippen molar-refractivity contribution in [2.45, 2.75) is 27.2 Å². The molecule has 0 aromatic heterocycles. The maximum Gasteiger partial charge on any atom is 0.254 e. The maximum atomic E-state index is 12.6. The zero-order chi connectivity index (χ0) is 15.1. The lowest BCUT2D eigenvalue weighted by molar-refractivity contribution is 0.0739. The number of carbonyl (C=O) groups is 1. The molecule has 108 valence electrons. The molecule has 0 aliphatic rings. The predicted molar refractivity (Wildman–Crippen MR) is 81.7 cm³/mol. The standard InChI is InChI=1S/C16H23N3O/c1-12(2)11-19(9-5-8-17)16(20)15-7-6-14(18-4)10-13(15)3/h6-7,10,12,18H,5,9,11H2,1-4H3. The number of rotatable bonds is 6. The fraction of sp³-hybridized carbons (Fsp3) is 0.500. The quantitative estimate of drug-likeness (QED) is 0.866. The van der Waals surface area contributed by atoms with Crippen molar-refractivity contribution in [2.75, 3.05) is 25.5 Å². The van der Waals surface area contributed by atoms with E-state index in [1.165, 1.54) is 0 Å². The molecular formula is C16H23N3O. The Kier molecular flexibility index (Phi) is 6.05. The molecule has 0 atom stereocenters. The van der Waals surface area contributed by atoms with Gasteiger partial charge in [0.1, 0.15) is 0 Å². The highest BCUT2D eigenvalue weighted by atomic mass is 16.2. The van der Waals surface area contributed by atoms with Gasteiger partial charge in [-0.05, 0) is 36.6 Å². The summed E-state index contributed by atoms with van der Waals surface area (Å²) in [6.07, 6.45) is 0.367. The van der Waals surface area contributed by atoms with Gasteiger partial charge in [-0.2, -0.15) is 5.26 Å². The first-order chi connectivity index (χ1) is 9.49. The third-order valence-corrected chi connectivity index (χ3v) is 3.11. The van der Waals surface area contributed by atoms with Crippen molar-refractivity contribution in [3.63, 3.8) is 0 Å². The van der Waals surface area contributed by atoms with Crippen LogP contribution in [0.1, 0.15) is 36.2 Å². The average Bonchev–Trinajstić information content (AvgIpc) is 2.42. The van der Waals surface area contributed by atoms with Gasteiger partial charge in [0.25, 0.3) is 5.91 Å². The van der Waals surface area contributed by atoms with Crippen molar-refractivity contribution in [3.8, 4) is 6.07 Å². The number of nitriles is 1. The normalized spacial score (nSPS) is 10.2. The molecule has 1 amide bonds. The first-order valence-corrected chi connectivity index (χ1v) is 6.94. The number of hydrogen-bond donors (Lipinski definition) is 1. The summed E-state index contributed by atoms with van der Waals surface area (Å²) in [5.74, 6) is 0.392. The van der Waals surface area contributed by atoms with Gasteiger partial charge in [0.2, 0.25) is 0 Å². The minimum atomic E-state index is 0.00843. The van der Waals surface area contributed by atoms with E-state index in [0.717, 1.165) is 11.3 Å². The van der Waals surface area contributed by atoms with E-state index in [0.29, 0.717) is 31.0 Å². The van der Waals surface area contributed by atoms with Crippen molar-refractivity contribution in [1.82, 2.24) is 4.90 Å². The Balaban J connectivity index is 2.96. The lowest BCUT2D eigenvalue weighted by Crippen LogP contribution is -2.35. The molecule has 0 bridgehead atoms. The summed E-state index contributed by atoms with van der Waals surface area (Å²) < 4.78 is 0. The number of aryl methyl sites for hydroxylation is 1. The molecule has 4 nitrogen and oxygen atoms in total.